The molecular formula is C48H70N7O13PS. The minimum Gasteiger partial charge on any atom is -0.481 e. The number of nitrogens with zero attached hydrogens (tertiary/aromatic N) is 4. The van der Waals surface area contributed by atoms with Gasteiger partial charge in [-0.2, -0.15) is 0 Å². The Morgan fingerprint density at radius 2 is 1.76 bits per heavy atom. The smallest absolute Gasteiger partial charge is 0.481 e. The number of aromatic nitrogens is 1. The first-order valence-electron chi connectivity index (χ1n) is 23.7. The number of carboxylic acids is 1. The number of phosphoric ester groups is 1. The number of hydrogen-bond acceptors (Lipinski definition) is 13. The van der Waals surface area contributed by atoms with E-state index in [1.165, 1.54) is 48.4 Å². The van der Waals surface area contributed by atoms with Crippen molar-refractivity contribution in [1.29, 1.82) is 0 Å². The first-order chi connectivity index (χ1) is 32.9. The number of carbonyl (C=O) groups is 7. The number of carbonyl (C=O) groups excluding carboxylic acids is 6. The first-order valence-corrected chi connectivity index (χ1v) is 26.1. The summed E-state index contributed by atoms with van der Waals surface area (Å²) in [6.45, 7) is 15.4. The van der Waals surface area contributed by atoms with E-state index in [1.54, 1.807) is 18.0 Å². The summed E-state index contributed by atoms with van der Waals surface area (Å²) in [6.07, 6.45) is 6.19. The zero-order valence-electron chi connectivity index (χ0n) is 41.3. The molecular weight excluding hydrogens is 946 g/mol. The van der Waals surface area contributed by atoms with Crippen LogP contribution in [0.4, 0.5) is 5.69 Å². The normalized spacial score (nSPS) is 17.8. The van der Waals surface area contributed by atoms with Crippen molar-refractivity contribution in [2.75, 3.05) is 32.5 Å². The summed E-state index contributed by atoms with van der Waals surface area (Å²) in [4.78, 5) is 120. The molecule has 2 aromatic rings. The molecule has 7 atom stereocenters. The molecule has 22 heteroatoms. The molecule has 70 heavy (non-hydrogen) atoms. The lowest BCUT2D eigenvalue weighted by Gasteiger charge is -2.38. The fourth-order valence-corrected chi connectivity index (χ4v) is 9.80. The Morgan fingerprint density at radius 1 is 1.04 bits per heavy atom. The van der Waals surface area contributed by atoms with Crippen molar-refractivity contribution in [2.24, 2.45) is 17.8 Å². The second-order valence-electron chi connectivity index (χ2n) is 18.6. The number of aliphatic carboxylic acids is 1. The van der Waals surface area contributed by atoms with E-state index in [-0.39, 0.29) is 83.4 Å². The van der Waals surface area contributed by atoms with Gasteiger partial charge in [0.15, 0.2) is 11.9 Å². The highest BCUT2D eigenvalue weighted by atomic mass is 32.1. The van der Waals surface area contributed by atoms with Gasteiger partial charge in [-0.25, -0.2) is 9.55 Å². The van der Waals surface area contributed by atoms with Crippen LogP contribution < -0.4 is 20.5 Å². The second-order valence-corrected chi connectivity index (χ2v) is 20.7. The highest BCUT2D eigenvalue weighted by molar-refractivity contribution is 7.46. The quantitative estimate of drug-likeness (QED) is 0.0381. The lowest BCUT2D eigenvalue weighted by atomic mass is 9.92. The molecule has 2 aliphatic heterocycles. The van der Waals surface area contributed by atoms with Crippen LogP contribution in [0.1, 0.15) is 126 Å². The van der Waals surface area contributed by atoms with Crippen molar-refractivity contribution in [3.05, 3.63) is 64.3 Å². The lowest BCUT2D eigenvalue weighted by molar-refractivity contribution is -0.149. The van der Waals surface area contributed by atoms with Crippen molar-refractivity contribution >= 4 is 66.3 Å². The number of nitrogens with one attached hydrogen (secondary N) is 3. The third-order valence-electron chi connectivity index (χ3n) is 12.7. The molecule has 0 bridgehead atoms. The Balaban J connectivity index is 1.52. The average molecular weight is 1020 g/mol. The number of likely N-dealkylation sites (tertiary alicyclic amines) is 1. The molecule has 386 valence electrons. The van der Waals surface area contributed by atoms with E-state index in [0.29, 0.717) is 43.5 Å². The van der Waals surface area contributed by atoms with Gasteiger partial charge in [0, 0.05) is 62.6 Å². The van der Waals surface area contributed by atoms with E-state index in [0.717, 1.165) is 30.7 Å². The highest BCUT2D eigenvalue weighted by Crippen LogP contribution is 2.41. The van der Waals surface area contributed by atoms with Crippen LogP contribution in [0.5, 0.6) is 5.75 Å². The number of amides is 5. The fraction of sp³-hybridized carbons (Fsp3) is 0.583. The molecule has 1 aromatic heterocycles. The van der Waals surface area contributed by atoms with E-state index < -0.39 is 61.7 Å². The SMILES string of the molecule is C=C1C=CC(=O)N1CCCCC(=O)Nc1cc(C[C@@H](CC(C)C(=O)O)NC(=O)c2csc([C@@H](C[C@H](C(C)C)N(C)C(=O)[C@@H](NC(=O)[C@H]3CCCCN3C)[C@@H](C)CC)OC(C)=O)n2)ccc1OP(=O)(O)O. The number of benzene rings is 1. The summed E-state index contributed by atoms with van der Waals surface area (Å²) in [5.74, 6) is -5.17. The van der Waals surface area contributed by atoms with Crippen molar-refractivity contribution in [3.63, 3.8) is 0 Å². The summed E-state index contributed by atoms with van der Waals surface area (Å²) >= 11 is 1.07. The molecule has 4 rings (SSSR count). The predicted molar refractivity (Wildman–Crippen MR) is 262 cm³/mol. The van der Waals surface area contributed by atoms with Crippen LogP contribution in [0.25, 0.3) is 0 Å². The summed E-state index contributed by atoms with van der Waals surface area (Å²) < 4.78 is 22.5. The number of phosphoric acid groups is 1. The van der Waals surface area contributed by atoms with Crippen molar-refractivity contribution in [3.8, 4) is 5.75 Å². The molecule has 3 heterocycles. The van der Waals surface area contributed by atoms with Gasteiger partial charge >= 0.3 is 19.8 Å². The van der Waals surface area contributed by atoms with E-state index >= 15 is 0 Å². The largest absolute Gasteiger partial charge is 0.524 e. The van der Waals surface area contributed by atoms with Crippen molar-refractivity contribution in [1.82, 2.24) is 30.3 Å². The molecule has 0 aliphatic carbocycles. The van der Waals surface area contributed by atoms with Gasteiger partial charge in [0.2, 0.25) is 17.7 Å². The number of hydrogen-bond donors (Lipinski definition) is 6. The standard InChI is InChI=1S/C48H70N7O13PS/c1-10-29(4)43(52-45(60)37-15-11-13-21-53(37)8)47(61)54(9)38(28(2)3)26-40(67-32(7)56)46-51-36(27-70-46)44(59)49-34(23-30(5)48(62)63)24-33-18-19-39(68-69(64,65)66)35(25-33)50-41(57)16-12-14-22-55-31(6)17-20-42(55)58/h17-20,25,27-30,34,37-38,40,43H,6,10-16,21-24,26H2,1-5,7-9H3,(H,49,59)(H,50,57)(H,52,60)(H,62,63)(H2,64,65,66)/t29-,30?,34+,37+,38+,40+,43-/m0/s1. The van der Waals surface area contributed by atoms with Gasteiger partial charge in [-0.15, -0.1) is 11.3 Å². The molecule has 5 amide bonds. The van der Waals surface area contributed by atoms with E-state index in [1.807, 2.05) is 39.6 Å². The number of anilines is 1. The van der Waals surface area contributed by atoms with Crippen LogP contribution in [0.2, 0.25) is 0 Å². The zero-order valence-corrected chi connectivity index (χ0v) is 43.1. The maximum atomic E-state index is 14.3. The fourth-order valence-electron chi connectivity index (χ4n) is 8.54. The monoisotopic (exact) mass is 1020 g/mol. The lowest BCUT2D eigenvalue weighted by Crippen LogP contribution is -2.58. The van der Waals surface area contributed by atoms with Gasteiger partial charge in [0.25, 0.3) is 11.8 Å². The van der Waals surface area contributed by atoms with Crippen LogP contribution in [0.15, 0.2) is 48.0 Å². The average Bonchev–Trinajstić information content (AvgIpc) is 3.91. The first kappa shape index (κ1) is 57.1. The van der Waals surface area contributed by atoms with E-state index in [2.05, 4.69) is 27.5 Å². The van der Waals surface area contributed by atoms with Crippen molar-refractivity contribution < 1.29 is 62.3 Å². The van der Waals surface area contributed by atoms with E-state index in [4.69, 9.17) is 9.26 Å². The Morgan fingerprint density at radius 3 is 2.36 bits per heavy atom. The van der Waals surface area contributed by atoms with Crippen molar-refractivity contribution in [2.45, 2.75) is 136 Å². The predicted octanol–water partition coefficient (Wildman–Crippen LogP) is 5.58. The van der Waals surface area contributed by atoms with Crippen LogP contribution in [0, 0.1) is 17.8 Å². The Bertz CT molecular complexity index is 2280. The second kappa shape index (κ2) is 26.1. The molecule has 1 unspecified atom stereocenters. The molecule has 0 saturated carbocycles. The van der Waals surface area contributed by atoms with Gasteiger partial charge in [0.1, 0.15) is 16.7 Å². The van der Waals surface area contributed by atoms with Gasteiger partial charge in [-0.1, -0.05) is 60.1 Å². The van der Waals surface area contributed by atoms with Crippen LogP contribution in [-0.4, -0.2) is 127 Å². The molecule has 6 N–H and O–H groups in total. The van der Waals surface area contributed by atoms with Crippen LogP contribution in [0.3, 0.4) is 0 Å². The van der Waals surface area contributed by atoms with Gasteiger partial charge in [-0.3, -0.25) is 48.2 Å². The minimum atomic E-state index is -5.08. The number of thiazole rings is 1. The molecule has 1 saturated heterocycles. The minimum absolute atomic E-state index is 0.00313. The maximum absolute atomic E-state index is 14.3. The Kier molecular flexibility index (Phi) is 21.3. The molecule has 0 spiro atoms. The maximum Gasteiger partial charge on any atom is 0.524 e. The number of unbranched alkanes of at least 4 members (excludes halogenated alkanes) is 1. The number of ether oxygens (including phenoxy) is 1. The third-order valence-corrected chi connectivity index (χ3v) is 14.1. The summed E-state index contributed by atoms with van der Waals surface area (Å²) in [5, 5.41) is 20.1. The molecule has 2 aliphatic rings. The van der Waals surface area contributed by atoms with Gasteiger partial charge in [-0.05, 0) is 87.7 Å². The van der Waals surface area contributed by atoms with Crippen LogP contribution >= 0.6 is 19.2 Å². The summed E-state index contributed by atoms with van der Waals surface area (Å²) in [7, 11) is -1.51. The summed E-state index contributed by atoms with van der Waals surface area (Å²) in [6, 6.07) is 1.64. The number of carboxylic acid groups (broad SMARTS) is 1. The van der Waals surface area contributed by atoms with E-state index in [9.17, 15) is 53.0 Å². The summed E-state index contributed by atoms with van der Waals surface area (Å²) in [5.41, 5.74) is 0.869. The zero-order chi connectivity index (χ0) is 52.0. The molecule has 0 radical (unpaired) electrons. The number of piperidine rings is 1. The Hall–Kier alpha value is -5.47. The number of likely N-dealkylation sites (N-methyl/N-ethyl adjacent to an activating group) is 2. The Labute approximate surface area is 413 Å². The third kappa shape index (κ3) is 16.9. The molecule has 20 nitrogen and oxygen atoms in total. The molecule has 1 aromatic carbocycles. The number of rotatable bonds is 26. The molecule has 1 fully saturated rings. The van der Waals surface area contributed by atoms with Gasteiger partial charge in [0.05, 0.1) is 17.6 Å². The number of allylic oxidation sites excluding steroid dienone is 1. The number of esters is 1. The topological polar surface area (TPSA) is 274 Å². The highest BCUT2D eigenvalue weighted by Gasteiger charge is 2.38. The van der Waals surface area contributed by atoms with Gasteiger partial charge < -0.3 is 40.1 Å². The van der Waals surface area contributed by atoms with Crippen LogP contribution in [-0.2, 0) is 44.5 Å².